The Bertz CT molecular complexity index is 716. The molecule has 0 bridgehead atoms. The van der Waals surface area contributed by atoms with E-state index in [2.05, 4.69) is 5.10 Å². The van der Waals surface area contributed by atoms with Crippen molar-refractivity contribution < 1.29 is 9.13 Å². The normalized spacial score (nSPS) is 12.9. The van der Waals surface area contributed by atoms with Gasteiger partial charge in [-0.05, 0) is 46.2 Å². The zero-order chi connectivity index (χ0) is 16.4. The number of rotatable bonds is 5. The van der Waals surface area contributed by atoms with E-state index >= 15 is 0 Å². The molecule has 5 heteroatoms. The van der Waals surface area contributed by atoms with Crippen molar-refractivity contribution in [3.8, 4) is 0 Å². The molecule has 4 nitrogen and oxygen atoms in total. The molecule has 2 aromatic rings. The van der Waals surface area contributed by atoms with Gasteiger partial charge in [0.15, 0.2) is 0 Å². The summed E-state index contributed by atoms with van der Waals surface area (Å²) in [5, 5.41) is 2.81. The second-order valence-corrected chi connectivity index (χ2v) is 5.76. The number of aromatic amines is 1. The number of benzene rings is 1. The van der Waals surface area contributed by atoms with Crippen LogP contribution in [-0.2, 0) is 4.74 Å². The van der Waals surface area contributed by atoms with Crippen molar-refractivity contribution in [3.05, 3.63) is 56.8 Å². The van der Waals surface area contributed by atoms with E-state index in [1.807, 2.05) is 40.7 Å². The Balaban J connectivity index is 2.60. The van der Waals surface area contributed by atoms with Gasteiger partial charge >= 0.3 is 0 Å². The third kappa shape index (κ3) is 2.99. The molecule has 0 fully saturated rings. The smallest absolute Gasteiger partial charge is 0.270 e. The van der Waals surface area contributed by atoms with Crippen LogP contribution >= 0.6 is 0 Å². The van der Waals surface area contributed by atoms with Gasteiger partial charge in [0.25, 0.3) is 5.56 Å². The molecular formula is C17H23FN2O2. The number of H-pyrrole nitrogens is 1. The number of ether oxygens (including phenoxy) is 1. The first-order valence-corrected chi connectivity index (χ1v) is 7.55. The molecule has 0 aliphatic carbocycles. The minimum atomic E-state index is -0.700. The zero-order valence-corrected chi connectivity index (χ0v) is 13.7. The maximum Gasteiger partial charge on any atom is 0.270 e. The first-order chi connectivity index (χ1) is 10.4. The quantitative estimate of drug-likeness (QED) is 0.916. The van der Waals surface area contributed by atoms with Gasteiger partial charge < -0.3 is 4.74 Å². The monoisotopic (exact) mass is 306 g/mol. The van der Waals surface area contributed by atoms with Crippen molar-refractivity contribution in [1.82, 2.24) is 9.78 Å². The number of nitrogens with one attached hydrogen (secondary N) is 1. The zero-order valence-electron chi connectivity index (χ0n) is 13.7. The van der Waals surface area contributed by atoms with E-state index in [0.717, 1.165) is 11.3 Å². The van der Waals surface area contributed by atoms with Crippen molar-refractivity contribution in [3.63, 3.8) is 0 Å². The summed E-state index contributed by atoms with van der Waals surface area (Å²) in [6, 6.07) is 5.10. The minimum absolute atomic E-state index is 0.117. The Morgan fingerprint density at radius 2 is 2.00 bits per heavy atom. The van der Waals surface area contributed by atoms with Crippen LogP contribution in [0, 0.1) is 19.7 Å². The highest BCUT2D eigenvalue weighted by molar-refractivity contribution is 5.34. The molecule has 1 heterocycles. The summed E-state index contributed by atoms with van der Waals surface area (Å²) >= 11 is 0. The number of hydrogen-bond acceptors (Lipinski definition) is 2. The van der Waals surface area contributed by atoms with Gasteiger partial charge in [-0.2, -0.15) is 0 Å². The third-order valence-corrected chi connectivity index (χ3v) is 3.77. The molecule has 1 aromatic carbocycles. The van der Waals surface area contributed by atoms with Crippen molar-refractivity contribution in [1.29, 1.82) is 0 Å². The Hall–Kier alpha value is -1.88. The van der Waals surface area contributed by atoms with E-state index < -0.39 is 6.10 Å². The maximum absolute atomic E-state index is 14.3. The fraction of sp³-hybridized carbons (Fsp3) is 0.471. The summed E-state index contributed by atoms with van der Waals surface area (Å²) in [5.74, 6) is -0.352. The number of hydrogen-bond donors (Lipinski definition) is 1. The lowest BCUT2D eigenvalue weighted by Crippen LogP contribution is -2.17. The molecule has 0 saturated heterocycles. The maximum atomic E-state index is 14.3. The van der Waals surface area contributed by atoms with E-state index in [1.54, 1.807) is 10.7 Å². The molecule has 0 spiro atoms. The lowest BCUT2D eigenvalue weighted by Gasteiger charge is -2.18. The van der Waals surface area contributed by atoms with Crippen LogP contribution in [0.1, 0.15) is 55.3 Å². The topological polar surface area (TPSA) is 47.0 Å². The van der Waals surface area contributed by atoms with Crippen LogP contribution < -0.4 is 5.56 Å². The fourth-order valence-corrected chi connectivity index (χ4v) is 2.71. The van der Waals surface area contributed by atoms with Gasteiger partial charge in [0.1, 0.15) is 11.9 Å². The Morgan fingerprint density at radius 3 is 2.50 bits per heavy atom. The molecule has 2 rings (SSSR count). The highest BCUT2D eigenvalue weighted by Crippen LogP contribution is 2.29. The highest BCUT2D eigenvalue weighted by atomic mass is 19.1. The van der Waals surface area contributed by atoms with Gasteiger partial charge in [-0.25, -0.2) is 4.39 Å². The molecule has 1 N–H and O–H groups in total. The molecule has 0 saturated carbocycles. The Morgan fingerprint density at radius 1 is 1.32 bits per heavy atom. The van der Waals surface area contributed by atoms with Crippen LogP contribution in [0.3, 0.4) is 0 Å². The molecule has 120 valence electrons. The van der Waals surface area contributed by atoms with E-state index in [4.69, 9.17) is 4.74 Å². The van der Waals surface area contributed by atoms with Crippen LogP contribution in [0.5, 0.6) is 0 Å². The predicted octanol–water partition coefficient (Wildman–Crippen LogP) is 3.64. The first-order valence-electron chi connectivity index (χ1n) is 7.55. The van der Waals surface area contributed by atoms with Crippen molar-refractivity contribution in [2.75, 3.05) is 6.61 Å². The first kappa shape index (κ1) is 16.5. The highest BCUT2D eigenvalue weighted by Gasteiger charge is 2.26. The summed E-state index contributed by atoms with van der Waals surface area (Å²) in [5.41, 5.74) is 2.24. The lowest BCUT2D eigenvalue weighted by molar-refractivity contribution is 0.0875. The molecule has 0 amide bonds. The number of aryl methyl sites for hydroxylation is 1. The summed E-state index contributed by atoms with van der Waals surface area (Å²) < 4.78 is 21.8. The van der Waals surface area contributed by atoms with Gasteiger partial charge in [0.2, 0.25) is 0 Å². The Labute approximate surface area is 129 Å². The van der Waals surface area contributed by atoms with E-state index in [9.17, 15) is 9.18 Å². The average molecular weight is 306 g/mol. The second kappa shape index (κ2) is 6.48. The summed E-state index contributed by atoms with van der Waals surface area (Å²) in [7, 11) is 0. The average Bonchev–Trinajstić information content (AvgIpc) is 2.72. The SMILES string of the molecule is CCOC(c1ccc(C)cc1F)c1c(C)n(C(C)C)[nH]c1=O. The third-order valence-electron chi connectivity index (χ3n) is 3.77. The van der Waals surface area contributed by atoms with E-state index in [1.165, 1.54) is 6.07 Å². The number of nitrogens with zero attached hydrogens (tertiary/aromatic N) is 1. The van der Waals surface area contributed by atoms with Crippen LogP contribution in [0.25, 0.3) is 0 Å². The molecule has 0 radical (unpaired) electrons. The summed E-state index contributed by atoms with van der Waals surface area (Å²) in [4.78, 5) is 12.4. The molecular weight excluding hydrogens is 283 g/mol. The molecule has 1 aromatic heterocycles. The van der Waals surface area contributed by atoms with Crippen LogP contribution in [0.4, 0.5) is 4.39 Å². The summed E-state index contributed by atoms with van der Waals surface area (Å²) in [6.45, 7) is 9.87. The van der Waals surface area contributed by atoms with Gasteiger partial charge in [0.05, 0.1) is 5.56 Å². The van der Waals surface area contributed by atoms with Gasteiger partial charge in [0, 0.05) is 23.9 Å². The van der Waals surface area contributed by atoms with Crippen molar-refractivity contribution in [2.45, 2.75) is 46.8 Å². The predicted molar refractivity (Wildman–Crippen MR) is 84.8 cm³/mol. The van der Waals surface area contributed by atoms with E-state index in [-0.39, 0.29) is 17.4 Å². The molecule has 0 aliphatic rings. The van der Waals surface area contributed by atoms with Gasteiger partial charge in [-0.15, -0.1) is 0 Å². The standard InChI is InChI=1S/C17H23FN2O2/c1-6-22-16(13-8-7-11(4)9-14(13)18)15-12(5)20(10(2)3)19-17(15)21/h7-10,16H,6H2,1-5H3,(H,19,21). The minimum Gasteiger partial charge on any atom is -0.369 e. The van der Waals surface area contributed by atoms with Crippen molar-refractivity contribution in [2.24, 2.45) is 0 Å². The molecule has 22 heavy (non-hydrogen) atoms. The van der Waals surface area contributed by atoms with Crippen molar-refractivity contribution >= 4 is 0 Å². The van der Waals surface area contributed by atoms with Gasteiger partial charge in [-0.3, -0.25) is 14.6 Å². The number of aromatic nitrogens is 2. The second-order valence-electron chi connectivity index (χ2n) is 5.76. The molecule has 1 atom stereocenters. The van der Waals surface area contributed by atoms with E-state index in [0.29, 0.717) is 17.7 Å². The number of halogens is 1. The van der Waals surface area contributed by atoms with Crippen LogP contribution in [-0.4, -0.2) is 16.4 Å². The largest absolute Gasteiger partial charge is 0.369 e. The molecule has 0 aliphatic heterocycles. The fourth-order valence-electron chi connectivity index (χ4n) is 2.71. The Kier molecular flexibility index (Phi) is 4.86. The lowest BCUT2D eigenvalue weighted by atomic mass is 10.00. The molecule has 1 unspecified atom stereocenters. The van der Waals surface area contributed by atoms with Gasteiger partial charge in [-0.1, -0.05) is 12.1 Å². The summed E-state index contributed by atoms with van der Waals surface area (Å²) in [6.07, 6.45) is -0.700. The van der Waals surface area contributed by atoms with Crippen LogP contribution in [0.15, 0.2) is 23.0 Å². The van der Waals surface area contributed by atoms with Crippen LogP contribution in [0.2, 0.25) is 0 Å².